The van der Waals surface area contributed by atoms with Crippen LogP contribution in [0.5, 0.6) is 11.5 Å². The molecule has 0 amide bonds. The molecule has 0 saturated carbocycles. The summed E-state index contributed by atoms with van der Waals surface area (Å²) in [7, 11) is 0. The van der Waals surface area contributed by atoms with Gasteiger partial charge in [0.25, 0.3) is 0 Å². The number of rotatable bonds is 5. The van der Waals surface area contributed by atoms with E-state index in [2.05, 4.69) is 10.6 Å². The molecule has 1 aliphatic heterocycles. The number of carboxylic acids is 1. The fourth-order valence-electron chi connectivity index (χ4n) is 3.45. The third-order valence-electron chi connectivity index (χ3n) is 4.79. The van der Waals surface area contributed by atoms with Gasteiger partial charge in [-0.3, -0.25) is 4.79 Å². The van der Waals surface area contributed by atoms with Crippen molar-refractivity contribution < 1.29 is 19.4 Å². The second kappa shape index (κ2) is 7.12. The Labute approximate surface area is 162 Å². The number of nitrogens with zero attached hydrogens (tertiary/aromatic N) is 2. The van der Waals surface area contributed by atoms with E-state index in [1.54, 1.807) is 6.07 Å². The molecule has 2 heterocycles. The van der Waals surface area contributed by atoms with Crippen molar-refractivity contribution >= 4 is 5.97 Å². The molecule has 0 atom stereocenters. The van der Waals surface area contributed by atoms with Crippen molar-refractivity contribution in [1.29, 1.82) is 5.26 Å². The van der Waals surface area contributed by atoms with E-state index in [4.69, 9.17) is 19.8 Å². The van der Waals surface area contributed by atoms with Gasteiger partial charge in [-0.25, -0.2) is 0 Å². The van der Waals surface area contributed by atoms with Gasteiger partial charge in [0.2, 0.25) is 6.79 Å². The summed E-state index contributed by atoms with van der Waals surface area (Å²) in [5.74, 6) is 0.560. The Bertz CT molecular complexity index is 1110. The average Bonchev–Trinajstić information content (AvgIpc) is 3.32. The van der Waals surface area contributed by atoms with E-state index in [1.807, 2.05) is 49.4 Å². The molecule has 0 saturated heterocycles. The highest BCUT2D eigenvalue weighted by molar-refractivity contribution is 5.70. The van der Waals surface area contributed by atoms with Gasteiger partial charge in [0.1, 0.15) is 0 Å². The van der Waals surface area contributed by atoms with Gasteiger partial charge in [-0.2, -0.15) is 5.26 Å². The fourth-order valence-corrected chi connectivity index (χ4v) is 3.45. The van der Waals surface area contributed by atoms with Gasteiger partial charge in [-0.15, -0.1) is 0 Å². The smallest absolute Gasteiger partial charge is 0.303 e. The summed E-state index contributed by atoms with van der Waals surface area (Å²) in [4.78, 5) is 11.1. The van der Waals surface area contributed by atoms with Crippen molar-refractivity contribution in [1.82, 2.24) is 4.57 Å². The molecule has 1 aliphatic rings. The molecule has 1 aromatic heterocycles. The summed E-state index contributed by atoms with van der Waals surface area (Å²) in [6.07, 6.45) is 0.444. The number of hydrogen-bond donors (Lipinski definition) is 1. The maximum absolute atomic E-state index is 11.1. The maximum Gasteiger partial charge on any atom is 0.303 e. The molecular weight excluding hydrogens is 356 g/mol. The summed E-state index contributed by atoms with van der Waals surface area (Å²) in [6, 6.07) is 17.3. The molecule has 4 rings (SSSR count). The van der Waals surface area contributed by atoms with Gasteiger partial charge in [0, 0.05) is 16.9 Å². The predicted octanol–water partition coefficient (Wildman–Crippen LogP) is 4.07. The van der Waals surface area contributed by atoms with E-state index in [0.717, 1.165) is 28.2 Å². The van der Waals surface area contributed by atoms with Crippen molar-refractivity contribution in [2.45, 2.75) is 19.8 Å². The Kier molecular flexibility index (Phi) is 4.50. The zero-order valence-corrected chi connectivity index (χ0v) is 15.3. The second-order valence-corrected chi connectivity index (χ2v) is 6.62. The van der Waals surface area contributed by atoms with Gasteiger partial charge in [0.05, 0.1) is 23.7 Å². The van der Waals surface area contributed by atoms with Crippen LogP contribution in [0.2, 0.25) is 0 Å². The lowest BCUT2D eigenvalue weighted by Gasteiger charge is -2.16. The molecule has 1 N–H and O–H groups in total. The highest BCUT2D eigenvalue weighted by Crippen LogP contribution is 2.37. The highest BCUT2D eigenvalue weighted by atomic mass is 16.7. The lowest BCUT2D eigenvalue weighted by Crippen LogP contribution is -2.07. The lowest BCUT2D eigenvalue weighted by molar-refractivity contribution is -0.136. The minimum Gasteiger partial charge on any atom is -0.481 e. The van der Waals surface area contributed by atoms with Crippen LogP contribution < -0.4 is 9.47 Å². The summed E-state index contributed by atoms with van der Waals surface area (Å²) in [5.41, 5.74) is 5.19. The van der Waals surface area contributed by atoms with Crippen LogP contribution in [0.1, 0.15) is 23.2 Å². The Morgan fingerprint density at radius 3 is 2.71 bits per heavy atom. The van der Waals surface area contributed by atoms with Crippen LogP contribution >= 0.6 is 0 Å². The maximum atomic E-state index is 11.1. The SMILES string of the molecule is Cc1cc(C#N)ccc1-n1c(CCC(=O)O)ccc1-c1ccc2c(c1)OCO2. The molecule has 0 bridgehead atoms. The summed E-state index contributed by atoms with van der Waals surface area (Å²) >= 11 is 0. The van der Waals surface area contributed by atoms with E-state index in [0.29, 0.717) is 23.5 Å². The monoisotopic (exact) mass is 374 g/mol. The minimum absolute atomic E-state index is 0.0416. The van der Waals surface area contributed by atoms with Crippen LogP contribution in [0.25, 0.3) is 16.9 Å². The quantitative estimate of drug-likeness (QED) is 0.728. The number of ether oxygens (including phenoxy) is 2. The van der Waals surface area contributed by atoms with Crippen LogP contribution in [0.4, 0.5) is 0 Å². The largest absolute Gasteiger partial charge is 0.481 e. The first kappa shape index (κ1) is 17.7. The van der Waals surface area contributed by atoms with Gasteiger partial charge >= 0.3 is 5.97 Å². The molecule has 0 unspecified atom stereocenters. The third kappa shape index (κ3) is 3.19. The van der Waals surface area contributed by atoms with Crippen molar-refractivity contribution in [2.75, 3.05) is 6.79 Å². The molecule has 3 aromatic rings. The number of hydrogen-bond acceptors (Lipinski definition) is 4. The van der Waals surface area contributed by atoms with Gasteiger partial charge in [-0.05, 0) is 67.4 Å². The lowest BCUT2D eigenvalue weighted by atomic mass is 10.1. The first-order chi connectivity index (χ1) is 13.6. The molecule has 140 valence electrons. The standard InChI is InChI=1S/C22H18N2O4/c1-14-10-15(12-23)2-6-18(14)24-17(5-9-22(25)26)4-7-19(24)16-3-8-20-21(11-16)28-13-27-20/h2-4,6-8,10-11H,5,9,13H2,1H3,(H,25,26). The van der Waals surface area contributed by atoms with Crippen LogP contribution in [0.3, 0.4) is 0 Å². The van der Waals surface area contributed by atoms with E-state index in [1.165, 1.54) is 0 Å². The van der Waals surface area contributed by atoms with Crippen molar-refractivity contribution in [3.8, 4) is 34.5 Å². The number of aryl methyl sites for hydroxylation is 2. The Morgan fingerprint density at radius 2 is 1.96 bits per heavy atom. The number of nitriles is 1. The van der Waals surface area contributed by atoms with Crippen LogP contribution in [0.15, 0.2) is 48.5 Å². The van der Waals surface area contributed by atoms with Gasteiger partial charge in [-0.1, -0.05) is 0 Å². The minimum atomic E-state index is -0.839. The normalized spacial score (nSPS) is 12.0. The Morgan fingerprint density at radius 1 is 1.14 bits per heavy atom. The first-order valence-corrected chi connectivity index (χ1v) is 8.90. The van der Waals surface area contributed by atoms with Crippen molar-refractivity contribution in [3.05, 3.63) is 65.4 Å². The topological polar surface area (TPSA) is 84.5 Å². The van der Waals surface area contributed by atoms with Gasteiger partial charge in [0.15, 0.2) is 11.5 Å². The number of carboxylic acid groups (broad SMARTS) is 1. The number of fused-ring (bicyclic) bond motifs is 1. The molecule has 0 fully saturated rings. The number of benzene rings is 2. The van der Waals surface area contributed by atoms with E-state index in [-0.39, 0.29) is 13.2 Å². The van der Waals surface area contributed by atoms with E-state index in [9.17, 15) is 4.79 Å². The van der Waals surface area contributed by atoms with Crippen molar-refractivity contribution in [2.24, 2.45) is 0 Å². The summed E-state index contributed by atoms with van der Waals surface area (Å²) < 4.78 is 12.9. The van der Waals surface area contributed by atoms with Crippen molar-refractivity contribution in [3.63, 3.8) is 0 Å². The van der Waals surface area contributed by atoms with Crippen LogP contribution in [-0.4, -0.2) is 22.4 Å². The molecule has 6 nitrogen and oxygen atoms in total. The molecule has 0 spiro atoms. The van der Waals surface area contributed by atoms with Crippen LogP contribution in [-0.2, 0) is 11.2 Å². The molecule has 6 heteroatoms. The first-order valence-electron chi connectivity index (χ1n) is 8.90. The zero-order valence-electron chi connectivity index (χ0n) is 15.3. The van der Waals surface area contributed by atoms with Crippen LogP contribution in [0, 0.1) is 18.3 Å². The molecule has 2 aromatic carbocycles. The van der Waals surface area contributed by atoms with E-state index >= 15 is 0 Å². The Hall–Kier alpha value is -3.72. The molecule has 0 radical (unpaired) electrons. The van der Waals surface area contributed by atoms with E-state index < -0.39 is 5.97 Å². The Balaban J connectivity index is 1.85. The number of aromatic nitrogens is 1. The fraction of sp³-hybridized carbons (Fsp3) is 0.182. The molecular formula is C22H18N2O4. The summed E-state index contributed by atoms with van der Waals surface area (Å²) in [5, 5.41) is 18.3. The number of aliphatic carboxylic acids is 1. The third-order valence-corrected chi connectivity index (χ3v) is 4.79. The summed E-state index contributed by atoms with van der Waals surface area (Å²) in [6.45, 7) is 2.15. The predicted molar refractivity (Wildman–Crippen MR) is 103 cm³/mol. The highest BCUT2D eigenvalue weighted by Gasteiger charge is 2.18. The van der Waals surface area contributed by atoms with Gasteiger partial charge < -0.3 is 19.1 Å². The zero-order chi connectivity index (χ0) is 19.7. The molecule has 0 aliphatic carbocycles. The average molecular weight is 374 g/mol. The second-order valence-electron chi connectivity index (χ2n) is 6.62. The number of carbonyl (C=O) groups is 1. The molecule has 28 heavy (non-hydrogen) atoms.